The zero-order valence-electron chi connectivity index (χ0n) is 30.1. The minimum absolute atomic E-state index is 0.0647. The van der Waals surface area contributed by atoms with Crippen molar-refractivity contribution >= 4 is 23.5 Å². The van der Waals surface area contributed by atoms with E-state index in [0.29, 0.717) is 33.8 Å². The lowest BCUT2D eigenvalue weighted by Gasteiger charge is -2.31. The van der Waals surface area contributed by atoms with Gasteiger partial charge in [0.1, 0.15) is 11.5 Å². The maximum absolute atomic E-state index is 11.7. The summed E-state index contributed by atoms with van der Waals surface area (Å²) in [5.41, 5.74) is 7.60. The molecule has 2 aromatic rings. The number of aromatic hydroxyl groups is 2. The SMILES string of the molecule is CC(C)(C)c1cc(CSC2CCCCCC[C@@H]2SCc2cc(C(C)(C)C)cc(C3CCCCC3)c2O)c(O)c(C2CCCCC2)c1. The van der Waals surface area contributed by atoms with Gasteiger partial charge >= 0.3 is 0 Å². The topological polar surface area (TPSA) is 40.5 Å². The van der Waals surface area contributed by atoms with E-state index in [1.54, 1.807) is 0 Å². The Morgan fingerprint density at radius 3 is 1.17 bits per heavy atom. The van der Waals surface area contributed by atoms with Crippen molar-refractivity contribution < 1.29 is 10.2 Å². The number of thioether (sulfide) groups is 2. The van der Waals surface area contributed by atoms with Gasteiger partial charge < -0.3 is 10.2 Å². The van der Waals surface area contributed by atoms with Gasteiger partial charge in [-0.1, -0.05) is 130 Å². The van der Waals surface area contributed by atoms with E-state index in [1.165, 1.54) is 125 Å². The Kier molecular flexibility index (Phi) is 12.5. The third-order valence-corrected chi connectivity index (χ3v) is 14.4. The van der Waals surface area contributed by atoms with E-state index in [-0.39, 0.29) is 10.8 Å². The fourth-order valence-electron chi connectivity index (χ4n) is 8.17. The largest absolute Gasteiger partial charge is 0.507 e. The Morgan fingerprint density at radius 1 is 0.500 bits per heavy atom. The highest BCUT2D eigenvalue weighted by atomic mass is 32.2. The summed E-state index contributed by atoms with van der Waals surface area (Å²) in [7, 11) is 0. The molecule has 0 amide bonds. The molecule has 0 radical (unpaired) electrons. The zero-order chi connectivity index (χ0) is 32.9. The summed E-state index contributed by atoms with van der Waals surface area (Å²) in [6, 6.07) is 9.33. The fraction of sp³-hybridized carbons (Fsp3) is 0.714. The van der Waals surface area contributed by atoms with E-state index in [2.05, 4.69) is 89.3 Å². The molecule has 2 aromatic carbocycles. The first-order chi connectivity index (χ1) is 21.9. The van der Waals surface area contributed by atoms with Crippen LogP contribution in [0.5, 0.6) is 11.5 Å². The van der Waals surface area contributed by atoms with E-state index in [0.717, 1.165) is 22.6 Å². The van der Waals surface area contributed by atoms with Gasteiger partial charge in [-0.3, -0.25) is 0 Å². The van der Waals surface area contributed by atoms with Crippen LogP contribution in [0.2, 0.25) is 0 Å². The van der Waals surface area contributed by atoms with E-state index >= 15 is 0 Å². The molecular weight excluding hydrogens is 601 g/mol. The molecule has 256 valence electrons. The molecule has 3 fully saturated rings. The van der Waals surface area contributed by atoms with Crippen LogP contribution in [0.3, 0.4) is 0 Å². The first-order valence-electron chi connectivity index (χ1n) is 18.9. The second-order valence-electron chi connectivity index (χ2n) is 17.0. The molecule has 1 unspecified atom stereocenters. The van der Waals surface area contributed by atoms with Gasteiger partial charge in [0.2, 0.25) is 0 Å². The quantitative estimate of drug-likeness (QED) is 0.295. The minimum atomic E-state index is 0.0647. The summed E-state index contributed by atoms with van der Waals surface area (Å²) in [5.74, 6) is 3.93. The normalized spacial score (nSPS) is 22.8. The molecular formula is C42H64O2S2. The highest BCUT2D eigenvalue weighted by Crippen LogP contribution is 2.46. The van der Waals surface area contributed by atoms with Crippen molar-refractivity contribution in [2.75, 3.05) is 0 Å². The van der Waals surface area contributed by atoms with Gasteiger partial charge in [0.25, 0.3) is 0 Å². The van der Waals surface area contributed by atoms with Gasteiger partial charge in [0, 0.05) is 33.1 Å². The van der Waals surface area contributed by atoms with Crippen molar-refractivity contribution in [2.24, 2.45) is 0 Å². The first kappa shape index (κ1) is 36.0. The van der Waals surface area contributed by atoms with Gasteiger partial charge in [-0.05, 0) is 83.4 Å². The molecule has 0 aliphatic heterocycles. The molecule has 46 heavy (non-hydrogen) atoms. The lowest BCUT2D eigenvalue weighted by atomic mass is 9.79. The number of benzene rings is 2. The molecule has 2 nitrogen and oxygen atoms in total. The Balaban J connectivity index is 1.36. The Bertz CT molecular complexity index is 1170. The molecule has 3 aliphatic carbocycles. The predicted octanol–water partition coefficient (Wildman–Crippen LogP) is 13.0. The molecule has 0 spiro atoms. The molecule has 3 aliphatic rings. The average Bonchev–Trinajstić information content (AvgIpc) is 3.01. The summed E-state index contributed by atoms with van der Waals surface area (Å²) in [4.78, 5) is 0. The molecule has 4 heteroatoms. The van der Waals surface area contributed by atoms with Crippen LogP contribution >= 0.6 is 23.5 Å². The van der Waals surface area contributed by atoms with Crippen molar-refractivity contribution in [1.29, 1.82) is 0 Å². The van der Waals surface area contributed by atoms with Crippen molar-refractivity contribution in [2.45, 2.75) is 189 Å². The summed E-state index contributed by atoms with van der Waals surface area (Å²) in [5, 5.41) is 24.5. The van der Waals surface area contributed by atoms with Gasteiger partial charge in [0.15, 0.2) is 0 Å². The second-order valence-corrected chi connectivity index (χ2v) is 19.5. The zero-order valence-corrected chi connectivity index (χ0v) is 31.7. The lowest BCUT2D eigenvalue weighted by Crippen LogP contribution is -2.23. The second kappa shape index (κ2) is 16.0. The molecule has 0 saturated heterocycles. The summed E-state index contributed by atoms with van der Waals surface area (Å²) < 4.78 is 0. The summed E-state index contributed by atoms with van der Waals surface area (Å²) in [6.45, 7) is 13.9. The standard InChI is InChI=1S/C42H64O2S2/c1-41(2,3)33-23-31(39(43)35(25-33)29-17-11-9-12-18-29)27-45-37-21-15-7-8-16-22-38(37)46-28-32-24-34(42(4,5)6)26-36(40(32)44)30-19-13-10-14-20-30/h23-26,29-30,37-38,43-44H,7-22,27-28H2,1-6H3/t37-,38?/m0/s1. The monoisotopic (exact) mass is 664 g/mol. The van der Waals surface area contributed by atoms with Crippen LogP contribution < -0.4 is 0 Å². The van der Waals surface area contributed by atoms with E-state index in [9.17, 15) is 10.2 Å². The number of phenols is 2. The molecule has 2 atom stereocenters. The smallest absolute Gasteiger partial charge is 0.123 e. The number of rotatable bonds is 8. The molecule has 3 saturated carbocycles. The molecule has 5 rings (SSSR count). The van der Waals surface area contributed by atoms with E-state index < -0.39 is 0 Å². The van der Waals surface area contributed by atoms with Crippen molar-refractivity contribution in [1.82, 2.24) is 0 Å². The third-order valence-electron chi connectivity index (χ3n) is 11.3. The maximum Gasteiger partial charge on any atom is 0.123 e. The molecule has 0 bridgehead atoms. The Hall–Kier alpha value is -1.26. The summed E-state index contributed by atoms with van der Waals surface area (Å²) in [6.07, 6.45) is 20.4. The van der Waals surface area contributed by atoms with Crippen LogP contribution in [-0.2, 0) is 22.3 Å². The first-order valence-corrected chi connectivity index (χ1v) is 21.0. The number of hydrogen-bond acceptors (Lipinski definition) is 4. The number of hydrogen-bond donors (Lipinski definition) is 2. The minimum Gasteiger partial charge on any atom is -0.507 e. The third kappa shape index (κ3) is 9.25. The fourth-order valence-corrected chi connectivity index (χ4v) is 11.2. The van der Waals surface area contributed by atoms with Crippen molar-refractivity contribution in [3.05, 3.63) is 57.6 Å². The van der Waals surface area contributed by atoms with Gasteiger partial charge in [-0.25, -0.2) is 0 Å². The van der Waals surface area contributed by atoms with Crippen molar-refractivity contribution in [3.63, 3.8) is 0 Å². The van der Waals surface area contributed by atoms with Crippen LogP contribution in [0.4, 0.5) is 0 Å². The lowest BCUT2D eigenvalue weighted by molar-refractivity contribution is 0.410. The van der Waals surface area contributed by atoms with E-state index in [4.69, 9.17) is 0 Å². The van der Waals surface area contributed by atoms with E-state index in [1.807, 2.05) is 0 Å². The van der Waals surface area contributed by atoms with Gasteiger partial charge in [-0.15, -0.1) is 0 Å². The maximum atomic E-state index is 11.7. The Morgan fingerprint density at radius 2 is 0.826 bits per heavy atom. The molecule has 0 heterocycles. The van der Waals surface area contributed by atoms with Gasteiger partial charge in [0.05, 0.1) is 0 Å². The van der Waals surface area contributed by atoms with Crippen LogP contribution in [0.25, 0.3) is 0 Å². The summed E-state index contributed by atoms with van der Waals surface area (Å²) >= 11 is 4.20. The highest BCUT2D eigenvalue weighted by molar-refractivity contribution is 8.03. The van der Waals surface area contributed by atoms with Crippen LogP contribution in [-0.4, -0.2) is 20.7 Å². The number of phenolic OH excluding ortho intramolecular Hbond substituents is 2. The highest BCUT2D eigenvalue weighted by Gasteiger charge is 2.29. The predicted molar refractivity (Wildman–Crippen MR) is 203 cm³/mol. The average molecular weight is 665 g/mol. The molecule has 2 N–H and O–H groups in total. The molecule has 0 aromatic heterocycles. The Labute approximate surface area is 290 Å². The van der Waals surface area contributed by atoms with Crippen LogP contribution in [0, 0.1) is 0 Å². The van der Waals surface area contributed by atoms with Crippen LogP contribution in [0.15, 0.2) is 24.3 Å². The van der Waals surface area contributed by atoms with Crippen molar-refractivity contribution in [3.8, 4) is 11.5 Å². The van der Waals surface area contributed by atoms with Crippen LogP contribution in [0.1, 0.15) is 189 Å². The van der Waals surface area contributed by atoms with Gasteiger partial charge in [-0.2, -0.15) is 23.5 Å².